The molecule has 2 rings (SSSR count). The second-order valence-electron chi connectivity index (χ2n) is 4.86. The first-order valence-electron chi connectivity index (χ1n) is 6.43. The minimum atomic E-state index is 0.0597. The Morgan fingerprint density at radius 2 is 1.53 bits per heavy atom. The summed E-state index contributed by atoms with van der Waals surface area (Å²) >= 11 is 0. The molecule has 96 valence electrons. The Balaban J connectivity index is 2.26. The molecule has 0 aliphatic rings. The molecule has 19 heavy (non-hydrogen) atoms. The van der Waals surface area contributed by atoms with Gasteiger partial charge >= 0.3 is 0 Å². The van der Waals surface area contributed by atoms with E-state index in [9.17, 15) is 4.79 Å². The van der Waals surface area contributed by atoms with Gasteiger partial charge in [0, 0.05) is 5.56 Å². The zero-order chi connectivity index (χ0) is 13.8. The smallest absolute Gasteiger partial charge is 0.186 e. The number of hydrogen-bond acceptors (Lipinski definition) is 1. The van der Waals surface area contributed by atoms with E-state index in [1.165, 1.54) is 5.56 Å². The van der Waals surface area contributed by atoms with Gasteiger partial charge in [0.1, 0.15) is 0 Å². The molecular formula is C18H18O. The minimum Gasteiger partial charge on any atom is -0.289 e. The average Bonchev–Trinajstić information content (AvgIpc) is 2.41. The van der Waals surface area contributed by atoms with E-state index in [2.05, 4.69) is 13.0 Å². The van der Waals surface area contributed by atoms with Crippen LogP contribution in [-0.4, -0.2) is 5.78 Å². The maximum absolute atomic E-state index is 12.2. The van der Waals surface area contributed by atoms with E-state index in [0.29, 0.717) is 0 Å². The Kier molecular flexibility index (Phi) is 3.96. The van der Waals surface area contributed by atoms with Crippen molar-refractivity contribution in [3.05, 3.63) is 76.4 Å². The lowest BCUT2D eigenvalue weighted by molar-refractivity contribution is 0.104. The predicted molar refractivity (Wildman–Crippen MR) is 80.5 cm³/mol. The summed E-state index contributed by atoms with van der Waals surface area (Å²) in [7, 11) is 0. The molecule has 0 atom stereocenters. The van der Waals surface area contributed by atoms with Gasteiger partial charge in [-0.05, 0) is 55.2 Å². The Bertz CT molecular complexity index is 622. The van der Waals surface area contributed by atoms with Crippen molar-refractivity contribution >= 4 is 11.9 Å². The van der Waals surface area contributed by atoms with Crippen LogP contribution in [-0.2, 0) is 0 Å². The monoisotopic (exact) mass is 250 g/mol. The summed E-state index contributed by atoms with van der Waals surface area (Å²) in [5, 5.41) is 0. The van der Waals surface area contributed by atoms with Crippen LogP contribution in [0.25, 0.3) is 6.08 Å². The van der Waals surface area contributed by atoms with Crippen molar-refractivity contribution in [2.75, 3.05) is 0 Å². The van der Waals surface area contributed by atoms with Crippen molar-refractivity contribution in [3.63, 3.8) is 0 Å². The third-order valence-corrected chi connectivity index (χ3v) is 3.33. The fourth-order valence-corrected chi connectivity index (χ4v) is 2.05. The molecule has 0 N–H and O–H groups in total. The van der Waals surface area contributed by atoms with Crippen molar-refractivity contribution < 1.29 is 4.79 Å². The highest BCUT2D eigenvalue weighted by Crippen LogP contribution is 2.16. The minimum absolute atomic E-state index is 0.0597. The summed E-state index contributed by atoms with van der Waals surface area (Å²) < 4.78 is 0. The number of allylic oxidation sites excluding steroid dienone is 1. The number of ketones is 1. The largest absolute Gasteiger partial charge is 0.289 e. The number of hydrogen-bond donors (Lipinski definition) is 0. The second-order valence-corrected chi connectivity index (χ2v) is 4.86. The zero-order valence-electron chi connectivity index (χ0n) is 11.6. The molecule has 2 aromatic rings. The van der Waals surface area contributed by atoms with Gasteiger partial charge in [0.05, 0.1) is 0 Å². The highest BCUT2D eigenvalue weighted by atomic mass is 16.1. The van der Waals surface area contributed by atoms with Crippen molar-refractivity contribution in [2.24, 2.45) is 0 Å². The van der Waals surface area contributed by atoms with Gasteiger partial charge in [0.2, 0.25) is 0 Å². The van der Waals surface area contributed by atoms with Gasteiger partial charge in [0.25, 0.3) is 0 Å². The zero-order valence-corrected chi connectivity index (χ0v) is 11.6. The van der Waals surface area contributed by atoms with E-state index in [1.807, 2.05) is 56.3 Å². The Labute approximate surface area is 114 Å². The Hall–Kier alpha value is -2.15. The number of rotatable bonds is 3. The van der Waals surface area contributed by atoms with E-state index in [4.69, 9.17) is 0 Å². The summed E-state index contributed by atoms with van der Waals surface area (Å²) in [6.07, 6.45) is 3.50. The standard InChI is InChI=1S/C18H18O/c1-13-11-15(3)17(12-14(13)2)18(19)10-9-16-7-5-4-6-8-16/h4-12H,1-3H3/b10-9+. The predicted octanol–water partition coefficient (Wildman–Crippen LogP) is 4.51. The summed E-state index contributed by atoms with van der Waals surface area (Å²) in [5.41, 5.74) is 5.24. The highest BCUT2D eigenvalue weighted by Gasteiger charge is 2.07. The van der Waals surface area contributed by atoms with Crippen LogP contribution >= 0.6 is 0 Å². The molecule has 0 aliphatic carbocycles. The van der Waals surface area contributed by atoms with Crippen molar-refractivity contribution in [1.29, 1.82) is 0 Å². The molecule has 0 saturated carbocycles. The lowest BCUT2D eigenvalue weighted by Gasteiger charge is -2.06. The first-order chi connectivity index (χ1) is 9.08. The summed E-state index contributed by atoms with van der Waals surface area (Å²) in [5.74, 6) is 0.0597. The quantitative estimate of drug-likeness (QED) is 0.578. The highest BCUT2D eigenvalue weighted by molar-refractivity contribution is 6.07. The second kappa shape index (κ2) is 5.66. The number of carbonyl (C=O) groups is 1. The summed E-state index contributed by atoms with van der Waals surface area (Å²) in [6.45, 7) is 6.08. The van der Waals surface area contributed by atoms with Crippen molar-refractivity contribution in [1.82, 2.24) is 0 Å². The van der Waals surface area contributed by atoms with Crippen LogP contribution in [0.1, 0.15) is 32.6 Å². The van der Waals surface area contributed by atoms with Gasteiger partial charge in [-0.1, -0.05) is 42.5 Å². The molecule has 0 unspecified atom stereocenters. The topological polar surface area (TPSA) is 17.1 Å². The van der Waals surface area contributed by atoms with Crippen LogP contribution in [0.4, 0.5) is 0 Å². The van der Waals surface area contributed by atoms with E-state index < -0.39 is 0 Å². The molecule has 0 aromatic heterocycles. The van der Waals surface area contributed by atoms with Crippen LogP contribution in [0.2, 0.25) is 0 Å². The van der Waals surface area contributed by atoms with Crippen LogP contribution in [0.3, 0.4) is 0 Å². The van der Waals surface area contributed by atoms with Gasteiger partial charge in [-0.3, -0.25) is 4.79 Å². The molecule has 1 heteroatoms. The Morgan fingerprint density at radius 3 is 2.21 bits per heavy atom. The molecule has 1 nitrogen and oxygen atoms in total. The normalized spacial score (nSPS) is 10.9. The Morgan fingerprint density at radius 1 is 0.895 bits per heavy atom. The first kappa shape index (κ1) is 13.3. The molecule has 0 amide bonds. The van der Waals surface area contributed by atoms with Crippen LogP contribution in [0.15, 0.2) is 48.5 Å². The average molecular weight is 250 g/mol. The van der Waals surface area contributed by atoms with E-state index >= 15 is 0 Å². The maximum atomic E-state index is 12.2. The van der Waals surface area contributed by atoms with Crippen molar-refractivity contribution in [2.45, 2.75) is 20.8 Å². The molecular weight excluding hydrogens is 232 g/mol. The fourth-order valence-electron chi connectivity index (χ4n) is 2.05. The van der Waals surface area contributed by atoms with Crippen LogP contribution in [0, 0.1) is 20.8 Å². The van der Waals surface area contributed by atoms with Gasteiger partial charge in [-0.15, -0.1) is 0 Å². The molecule has 0 spiro atoms. The number of benzene rings is 2. The third kappa shape index (κ3) is 3.19. The number of aryl methyl sites for hydroxylation is 3. The number of carbonyl (C=O) groups excluding carboxylic acids is 1. The molecule has 0 fully saturated rings. The molecule has 0 bridgehead atoms. The molecule has 0 aliphatic heterocycles. The van der Waals surface area contributed by atoms with Gasteiger partial charge in [0.15, 0.2) is 5.78 Å². The van der Waals surface area contributed by atoms with Crippen LogP contribution in [0.5, 0.6) is 0 Å². The van der Waals surface area contributed by atoms with Crippen LogP contribution < -0.4 is 0 Å². The molecule has 0 heterocycles. The lowest BCUT2D eigenvalue weighted by atomic mass is 9.97. The van der Waals surface area contributed by atoms with E-state index in [1.54, 1.807) is 6.08 Å². The summed E-state index contributed by atoms with van der Waals surface area (Å²) in [6, 6.07) is 13.9. The van der Waals surface area contributed by atoms with Gasteiger partial charge in [-0.2, -0.15) is 0 Å². The van der Waals surface area contributed by atoms with Gasteiger partial charge < -0.3 is 0 Å². The first-order valence-corrected chi connectivity index (χ1v) is 6.43. The molecule has 0 saturated heterocycles. The maximum Gasteiger partial charge on any atom is 0.186 e. The third-order valence-electron chi connectivity index (χ3n) is 3.33. The SMILES string of the molecule is Cc1cc(C)c(C(=O)/C=C/c2ccccc2)cc1C. The van der Waals surface area contributed by atoms with E-state index in [-0.39, 0.29) is 5.78 Å². The molecule has 0 radical (unpaired) electrons. The molecule has 2 aromatic carbocycles. The van der Waals surface area contributed by atoms with Gasteiger partial charge in [-0.25, -0.2) is 0 Å². The van der Waals surface area contributed by atoms with E-state index in [0.717, 1.165) is 22.3 Å². The van der Waals surface area contributed by atoms with Crippen molar-refractivity contribution in [3.8, 4) is 0 Å². The summed E-state index contributed by atoms with van der Waals surface area (Å²) in [4.78, 5) is 12.2. The lowest BCUT2D eigenvalue weighted by Crippen LogP contribution is -2.00. The fraction of sp³-hybridized carbons (Fsp3) is 0.167.